The molecule has 138 valence electrons. The van der Waals surface area contributed by atoms with Gasteiger partial charge in [0.15, 0.2) is 0 Å². The van der Waals surface area contributed by atoms with Crippen LogP contribution in [0, 0.1) is 19.8 Å². The molecule has 1 amide bonds. The van der Waals surface area contributed by atoms with E-state index in [9.17, 15) is 9.59 Å². The van der Waals surface area contributed by atoms with Crippen LogP contribution in [0.4, 0.5) is 0 Å². The van der Waals surface area contributed by atoms with Gasteiger partial charge in [-0.1, -0.05) is 18.2 Å². The van der Waals surface area contributed by atoms with Crippen molar-refractivity contribution < 1.29 is 14.3 Å². The molecule has 5 heteroatoms. The van der Waals surface area contributed by atoms with E-state index >= 15 is 0 Å². The van der Waals surface area contributed by atoms with Gasteiger partial charge in [0.2, 0.25) is 5.91 Å². The Labute approximate surface area is 154 Å². The number of carbonyl (C=O) groups is 2. The molecule has 0 bridgehead atoms. The quantitative estimate of drug-likeness (QED) is 0.791. The molecule has 2 heterocycles. The van der Waals surface area contributed by atoms with E-state index in [2.05, 4.69) is 11.9 Å². The first-order chi connectivity index (χ1) is 12.5. The molecule has 0 N–H and O–H groups in total. The van der Waals surface area contributed by atoms with Gasteiger partial charge in [-0.05, 0) is 50.8 Å². The van der Waals surface area contributed by atoms with Gasteiger partial charge in [-0.2, -0.15) is 0 Å². The zero-order chi connectivity index (χ0) is 18.7. The van der Waals surface area contributed by atoms with Crippen molar-refractivity contribution in [2.45, 2.75) is 40.0 Å². The van der Waals surface area contributed by atoms with E-state index in [4.69, 9.17) is 4.74 Å². The van der Waals surface area contributed by atoms with Crippen molar-refractivity contribution in [3.8, 4) is 0 Å². The van der Waals surface area contributed by atoms with E-state index in [0.717, 1.165) is 40.6 Å². The van der Waals surface area contributed by atoms with E-state index in [1.54, 1.807) is 4.90 Å². The number of hydrogen-bond donors (Lipinski definition) is 0. The van der Waals surface area contributed by atoms with Crippen molar-refractivity contribution in [3.05, 3.63) is 41.1 Å². The highest BCUT2D eigenvalue weighted by molar-refractivity contribution is 5.87. The molecule has 0 radical (unpaired) electrons. The summed E-state index contributed by atoms with van der Waals surface area (Å²) in [5, 5.41) is 1.09. The van der Waals surface area contributed by atoms with Crippen LogP contribution in [0.1, 0.15) is 36.6 Å². The van der Waals surface area contributed by atoms with Gasteiger partial charge in [0, 0.05) is 24.2 Å². The molecule has 5 nitrogen and oxygen atoms in total. The lowest BCUT2D eigenvalue weighted by Crippen LogP contribution is -2.43. The largest absolute Gasteiger partial charge is 0.466 e. The minimum atomic E-state index is -0.204. The Morgan fingerprint density at radius 3 is 2.81 bits per heavy atom. The predicted octanol–water partition coefficient (Wildman–Crippen LogP) is 3.20. The summed E-state index contributed by atoms with van der Waals surface area (Å²) in [6.07, 6.45) is 1.95. The van der Waals surface area contributed by atoms with Crippen LogP contribution in [-0.2, 0) is 20.7 Å². The van der Waals surface area contributed by atoms with E-state index in [1.165, 1.54) is 0 Å². The summed E-state index contributed by atoms with van der Waals surface area (Å²) in [6.45, 7) is 7.36. The van der Waals surface area contributed by atoms with Gasteiger partial charge in [0.25, 0.3) is 0 Å². The van der Waals surface area contributed by atoms with Crippen molar-refractivity contribution >= 4 is 22.8 Å². The minimum Gasteiger partial charge on any atom is -0.466 e. The Morgan fingerprint density at radius 1 is 1.27 bits per heavy atom. The van der Waals surface area contributed by atoms with E-state index in [1.807, 2.05) is 38.1 Å². The second-order valence-electron chi connectivity index (χ2n) is 6.93. The zero-order valence-corrected chi connectivity index (χ0v) is 15.7. The van der Waals surface area contributed by atoms with Crippen molar-refractivity contribution in [2.24, 2.45) is 5.92 Å². The lowest BCUT2D eigenvalue weighted by atomic mass is 9.96. The number of piperidine rings is 1. The lowest BCUT2D eigenvalue weighted by Gasteiger charge is -2.32. The number of aromatic nitrogens is 1. The fraction of sp³-hybridized carbons (Fsp3) is 0.476. The Balaban J connectivity index is 1.77. The number of esters is 1. The highest BCUT2D eigenvalue weighted by Crippen LogP contribution is 2.24. The van der Waals surface area contributed by atoms with Crippen molar-refractivity contribution in [2.75, 3.05) is 19.7 Å². The highest BCUT2D eigenvalue weighted by Gasteiger charge is 2.29. The van der Waals surface area contributed by atoms with Gasteiger partial charge in [-0.3, -0.25) is 14.6 Å². The third-order valence-corrected chi connectivity index (χ3v) is 5.21. The van der Waals surface area contributed by atoms with Crippen LogP contribution in [-0.4, -0.2) is 41.5 Å². The number of ether oxygens (including phenoxy) is 1. The van der Waals surface area contributed by atoms with E-state index in [0.29, 0.717) is 26.1 Å². The topological polar surface area (TPSA) is 59.5 Å². The number of likely N-dealkylation sites (tertiary alicyclic amines) is 1. The number of carbonyl (C=O) groups excluding carboxylic acids is 2. The predicted molar refractivity (Wildman–Crippen MR) is 101 cm³/mol. The summed E-state index contributed by atoms with van der Waals surface area (Å²) in [6, 6.07) is 8.01. The number of amides is 1. The molecule has 1 saturated heterocycles. The van der Waals surface area contributed by atoms with Crippen LogP contribution < -0.4 is 0 Å². The van der Waals surface area contributed by atoms with Crippen LogP contribution >= 0.6 is 0 Å². The summed E-state index contributed by atoms with van der Waals surface area (Å²) in [7, 11) is 0. The average molecular weight is 354 g/mol. The summed E-state index contributed by atoms with van der Waals surface area (Å²) in [5.41, 5.74) is 3.96. The average Bonchev–Trinajstić information content (AvgIpc) is 2.65. The van der Waals surface area contributed by atoms with E-state index in [-0.39, 0.29) is 17.8 Å². The maximum Gasteiger partial charge on any atom is 0.310 e. The summed E-state index contributed by atoms with van der Waals surface area (Å²) in [5.74, 6) is -0.336. The first-order valence-electron chi connectivity index (χ1n) is 9.30. The lowest BCUT2D eigenvalue weighted by molar-refractivity contribution is -0.151. The Morgan fingerprint density at radius 2 is 2.04 bits per heavy atom. The first-order valence-corrected chi connectivity index (χ1v) is 9.30. The number of para-hydroxylation sites is 1. The van der Waals surface area contributed by atoms with Gasteiger partial charge in [0.05, 0.1) is 24.5 Å². The smallest absolute Gasteiger partial charge is 0.310 e. The molecule has 3 rings (SSSR count). The molecule has 1 aliphatic rings. The van der Waals surface area contributed by atoms with Crippen LogP contribution in [0.25, 0.3) is 10.9 Å². The summed E-state index contributed by atoms with van der Waals surface area (Å²) < 4.78 is 5.13. The minimum absolute atomic E-state index is 0.0577. The number of benzene rings is 1. The third-order valence-electron chi connectivity index (χ3n) is 5.21. The molecule has 1 unspecified atom stereocenters. The Kier molecular flexibility index (Phi) is 5.55. The number of fused-ring (bicyclic) bond motifs is 1. The van der Waals surface area contributed by atoms with Crippen molar-refractivity contribution in [1.82, 2.24) is 9.88 Å². The van der Waals surface area contributed by atoms with Crippen molar-refractivity contribution in [3.63, 3.8) is 0 Å². The van der Waals surface area contributed by atoms with Crippen LogP contribution in [0.5, 0.6) is 0 Å². The Bertz CT molecular complexity index is 831. The molecule has 1 aliphatic heterocycles. The maximum atomic E-state index is 12.9. The highest BCUT2D eigenvalue weighted by atomic mass is 16.5. The van der Waals surface area contributed by atoms with Crippen LogP contribution in [0.3, 0.4) is 0 Å². The number of nitrogens with zero attached hydrogens (tertiary/aromatic N) is 2. The molecule has 26 heavy (non-hydrogen) atoms. The molecule has 1 atom stereocenters. The first kappa shape index (κ1) is 18.4. The van der Waals surface area contributed by atoms with Gasteiger partial charge in [-0.25, -0.2) is 0 Å². The molecule has 0 saturated carbocycles. The maximum absolute atomic E-state index is 12.9. The molecule has 1 fully saturated rings. The van der Waals surface area contributed by atoms with Gasteiger partial charge in [-0.15, -0.1) is 0 Å². The molecule has 1 aromatic heterocycles. The number of aryl methyl sites for hydroxylation is 2. The van der Waals surface area contributed by atoms with Crippen LogP contribution in [0.15, 0.2) is 24.3 Å². The van der Waals surface area contributed by atoms with Crippen molar-refractivity contribution in [1.29, 1.82) is 0 Å². The SMILES string of the molecule is CCOC(=O)C1CCCN(C(=O)Cc2c(C)nc3ccccc3c2C)C1. The monoisotopic (exact) mass is 354 g/mol. The zero-order valence-electron chi connectivity index (χ0n) is 15.7. The Hall–Kier alpha value is -2.43. The molecule has 1 aromatic carbocycles. The molecular weight excluding hydrogens is 328 g/mol. The van der Waals surface area contributed by atoms with Crippen LogP contribution in [0.2, 0.25) is 0 Å². The van der Waals surface area contributed by atoms with Gasteiger partial charge >= 0.3 is 5.97 Å². The number of rotatable bonds is 4. The third kappa shape index (κ3) is 3.71. The summed E-state index contributed by atoms with van der Waals surface area (Å²) >= 11 is 0. The fourth-order valence-electron chi connectivity index (χ4n) is 3.75. The molecule has 0 aliphatic carbocycles. The summed E-state index contributed by atoms with van der Waals surface area (Å²) in [4.78, 5) is 31.4. The normalized spacial score (nSPS) is 17.3. The fourth-order valence-corrected chi connectivity index (χ4v) is 3.75. The molecular formula is C21H26N2O3. The van der Waals surface area contributed by atoms with Gasteiger partial charge in [0.1, 0.15) is 0 Å². The molecule has 2 aromatic rings. The number of hydrogen-bond acceptors (Lipinski definition) is 4. The second kappa shape index (κ2) is 7.85. The van der Waals surface area contributed by atoms with E-state index < -0.39 is 0 Å². The number of pyridine rings is 1. The second-order valence-corrected chi connectivity index (χ2v) is 6.93. The van der Waals surface area contributed by atoms with Gasteiger partial charge < -0.3 is 9.64 Å². The molecule has 0 spiro atoms. The standard InChI is InChI=1S/C21H26N2O3/c1-4-26-21(25)16-8-7-11-23(13-16)20(24)12-18-14(2)17-9-5-6-10-19(17)22-15(18)3/h5-6,9-10,16H,4,7-8,11-13H2,1-3H3.